The van der Waals surface area contributed by atoms with Crippen LogP contribution in [0.1, 0.15) is 54.4 Å². The van der Waals surface area contributed by atoms with E-state index in [1.807, 2.05) is 13.8 Å². The first-order chi connectivity index (χ1) is 11.0. The lowest BCUT2D eigenvalue weighted by Gasteiger charge is -2.22. The number of ether oxygens (including phenoxy) is 1. The second-order valence-electron chi connectivity index (χ2n) is 5.92. The van der Waals surface area contributed by atoms with E-state index in [0.29, 0.717) is 17.2 Å². The first-order valence-corrected chi connectivity index (χ1v) is 9.14. The van der Waals surface area contributed by atoms with Crippen LogP contribution in [-0.4, -0.2) is 37.0 Å². The van der Waals surface area contributed by atoms with Crippen LogP contribution in [0.25, 0.3) is 0 Å². The van der Waals surface area contributed by atoms with Crippen LogP contribution in [0.5, 0.6) is 0 Å². The predicted octanol–water partition coefficient (Wildman–Crippen LogP) is 3.29. The molecule has 0 bridgehead atoms. The Morgan fingerprint density at radius 1 is 1.30 bits per heavy atom. The highest BCUT2D eigenvalue weighted by molar-refractivity contribution is 7.17. The van der Waals surface area contributed by atoms with Crippen LogP contribution in [0.4, 0.5) is 5.00 Å². The maximum Gasteiger partial charge on any atom is 0.341 e. The largest absolute Gasteiger partial charge is 0.462 e. The van der Waals surface area contributed by atoms with Gasteiger partial charge in [0.25, 0.3) is 0 Å². The summed E-state index contributed by atoms with van der Waals surface area (Å²) in [4.78, 5) is 28.2. The molecule has 5 nitrogen and oxygen atoms in total. The number of esters is 1. The Hall–Kier alpha value is -1.40. The van der Waals surface area contributed by atoms with Crippen molar-refractivity contribution in [2.45, 2.75) is 46.6 Å². The van der Waals surface area contributed by atoms with Gasteiger partial charge in [-0.1, -0.05) is 13.8 Å². The number of anilines is 1. The number of fused-ring (bicyclic) bond motifs is 1. The molecule has 0 atom stereocenters. The van der Waals surface area contributed by atoms with Crippen LogP contribution >= 0.6 is 11.3 Å². The minimum Gasteiger partial charge on any atom is -0.462 e. The van der Waals surface area contributed by atoms with E-state index in [9.17, 15) is 9.59 Å². The monoisotopic (exact) mass is 338 g/mol. The van der Waals surface area contributed by atoms with Crippen LogP contribution in [0.3, 0.4) is 0 Å². The van der Waals surface area contributed by atoms with E-state index in [4.69, 9.17) is 4.74 Å². The van der Waals surface area contributed by atoms with E-state index in [-0.39, 0.29) is 17.8 Å². The fourth-order valence-corrected chi connectivity index (χ4v) is 4.23. The molecule has 128 valence electrons. The summed E-state index contributed by atoms with van der Waals surface area (Å²) in [5, 5.41) is 3.64. The number of carbonyl (C=O) groups is 2. The van der Waals surface area contributed by atoms with Gasteiger partial charge in [-0.3, -0.25) is 4.79 Å². The van der Waals surface area contributed by atoms with Crippen molar-refractivity contribution >= 4 is 28.2 Å². The van der Waals surface area contributed by atoms with Crippen molar-refractivity contribution in [3.63, 3.8) is 0 Å². The third-order valence-electron chi connectivity index (χ3n) is 4.32. The van der Waals surface area contributed by atoms with Gasteiger partial charge in [0.05, 0.1) is 12.2 Å². The lowest BCUT2D eigenvalue weighted by molar-refractivity contribution is -0.120. The molecule has 1 aliphatic heterocycles. The fourth-order valence-electron chi connectivity index (χ4n) is 2.91. The Bertz CT molecular complexity index is 579. The summed E-state index contributed by atoms with van der Waals surface area (Å²) in [6, 6.07) is 0. The fraction of sp³-hybridized carbons (Fsp3) is 0.647. The van der Waals surface area contributed by atoms with Crippen molar-refractivity contribution in [1.29, 1.82) is 0 Å². The van der Waals surface area contributed by atoms with Gasteiger partial charge in [0.2, 0.25) is 5.91 Å². The van der Waals surface area contributed by atoms with Crippen LogP contribution in [-0.2, 0) is 22.5 Å². The predicted molar refractivity (Wildman–Crippen MR) is 93.0 cm³/mol. The van der Waals surface area contributed by atoms with Crippen molar-refractivity contribution < 1.29 is 14.3 Å². The van der Waals surface area contributed by atoms with Gasteiger partial charge in [-0.05, 0) is 38.8 Å². The van der Waals surface area contributed by atoms with Crippen molar-refractivity contribution in [2.24, 2.45) is 5.92 Å². The van der Waals surface area contributed by atoms with Gasteiger partial charge >= 0.3 is 5.97 Å². The Labute approximate surface area is 142 Å². The molecule has 0 unspecified atom stereocenters. The number of carbonyl (C=O) groups excluding carboxylic acids is 2. The summed E-state index contributed by atoms with van der Waals surface area (Å²) in [6.45, 7) is 7.88. The zero-order valence-corrected chi connectivity index (χ0v) is 15.2. The molecule has 1 aromatic heterocycles. The third kappa shape index (κ3) is 3.93. The van der Waals surface area contributed by atoms with Gasteiger partial charge < -0.3 is 15.0 Å². The molecule has 0 spiro atoms. The van der Waals surface area contributed by atoms with Crippen molar-refractivity contribution in [1.82, 2.24) is 4.90 Å². The van der Waals surface area contributed by atoms with E-state index >= 15 is 0 Å². The number of hydrogen-bond acceptors (Lipinski definition) is 5. The number of nitrogens with zero attached hydrogens (tertiary/aromatic N) is 1. The lowest BCUT2D eigenvalue weighted by Crippen LogP contribution is -2.26. The molecule has 0 fully saturated rings. The minimum absolute atomic E-state index is 0.00694. The van der Waals surface area contributed by atoms with Gasteiger partial charge in [0, 0.05) is 23.9 Å². The molecule has 1 amide bonds. The number of rotatable bonds is 6. The molecule has 2 heterocycles. The highest BCUT2D eigenvalue weighted by atomic mass is 32.1. The van der Waals surface area contributed by atoms with E-state index < -0.39 is 0 Å². The average molecular weight is 338 g/mol. The summed E-state index contributed by atoms with van der Waals surface area (Å²) in [5.74, 6) is -0.353. The van der Waals surface area contributed by atoms with Crippen molar-refractivity contribution in [2.75, 3.05) is 25.5 Å². The highest BCUT2D eigenvalue weighted by Crippen LogP contribution is 2.37. The molecule has 2 rings (SSSR count). The van der Waals surface area contributed by atoms with E-state index in [0.717, 1.165) is 42.8 Å². The van der Waals surface area contributed by atoms with Crippen molar-refractivity contribution in [3.05, 3.63) is 16.0 Å². The summed E-state index contributed by atoms with van der Waals surface area (Å²) >= 11 is 1.51. The number of thiophene rings is 1. The smallest absolute Gasteiger partial charge is 0.341 e. The molecule has 0 aliphatic carbocycles. The average Bonchev–Trinajstić information content (AvgIpc) is 2.85. The Morgan fingerprint density at radius 3 is 2.61 bits per heavy atom. The highest BCUT2D eigenvalue weighted by Gasteiger charge is 2.29. The molecule has 0 saturated heterocycles. The molecule has 1 aromatic rings. The van der Waals surface area contributed by atoms with Crippen molar-refractivity contribution in [3.8, 4) is 0 Å². The van der Waals surface area contributed by atoms with E-state index in [2.05, 4.69) is 17.3 Å². The second-order valence-corrected chi connectivity index (χ2v) is 7.02. The molecule has 0 aromatic carbocycles. The molecular weight excluding hydrogens is 312 g/mol. The number of amides is 1. The zero-order valence-electron chi connectivity index (χ0n) is 14.4. The Morgan fingerprint density at radius 2 is 2.00 bits per heavy atom. The maximum atomic E-state index is 12.4. The number of nitrogens with one attached hydrogen (secondary N) is 1. The maximum absolute atomic E-state index is 12.4. The summed E-state index contributed by atoms with van der Waals surface area (Å²) < 4.78 is 5.22. The van der Waals surface area contributed by atoms with Gasteiger partial charge in [0.1, 0.15) is 5.00 Å². The minimum atomic E-state index is -0.325. The molecule has 0 radical (unpaired) electrons. The van der Waals surface area contributed by atoms with Crippen LogP contribution in [0.15, 0.2) is 0 Å². The molecular formula is C17H26N2O3S. The molecule has 23 heavy (non-hydrogen) atoms. The van der Waals surface area contributed by atoms with Gasteiger partial charge in [-0.2, -0.15) is 0 Å². The summed E-state index contributed by atoms with van der Waals surface area (Å²) in [5.41, 5.74) is 1.62. The third-order valence-corrected chi connectivity index (χ3v) is 5.45. The molecule has 6 heteroatoms. The second kappa shape index (κ2) is 7.93. The quantitative estimate of drug-likeness (QED) is 0.809. The standard InChI is InChI=1S/C17H26N2O3S/c1-5-11(6-2)15(20)18-16-14(17(21)22-7-3)12-8-9-19(4)10-13(12)23-16/h11H,5-10H2,1-4H3,(H,18,20). The van der Waals surface area contributed by atoms with E-state index in [1.54, 1.807) is 6.92 Å². The molecule has 0 saturated carbocycles. The lowest BCUT2D eigenvalue weighted by atomic mass is 10.0. The number of likely N-dealkylation sites (N-methyl/N-ethyl adjacent to an activating group) is 1. The summed E-state index contributed by atoms with van der Waals surface area (Å²) in [6.07, 6.45) is 2.41. The van der Waals surface area contributed by atoms with Crippen LogP contribution < -0.4 is 5.32 Å². The van der Waals surface area contributed by atoms with Gasteiger partial charge in [0.15, 0.2) is 0 Å². The summed E-state index contributed by atoms with van der Waals surface area (Å²) in [7, 11) is 2.06. The Balaban J connectivity index is 2.34. The topological polar surface area (TPSA) is 58.6 Å². The van der Waals surface area contributed by atoms with E-state index in [1.165, 1.54) is 11.3 Å². The molecule has 1 N–H and O–H groups in total. The first kappa shape index (κ1) is 17.9. The zero-order chi connectivity index (χ0) is 17.0. The normalized spacial score (nSPS) is 14.7. The van der Waals surface area contributed by atoms with Gasteiger partial charge in [-0.25, -0.2) is 4.79 Å². The number of hydrogen-bond donors (Lipinski definition) is 1. The molecule has 1 aliphatic rings. The Kier molecular flexibility index (Phi) is 6.18. The van der Waals surface area contributed by atoms with Crippen LogP contribution in [0.2, 0.25) is 0 Å². The van der Waals surface area contributed by atoms with Crippen LogP contribution in [0, 0.1) is 5.92 Å². The first-order valence-electron chi connectivity index (χ1n) is 8.32. The van der Waals surface area contributed by atoms with Gasteiger partial charge in [-0.15, -0.1) is 11.3 Å². The SMILES string of the molecule is CCOC(=O)c1c(NC(=O)C(CC)CC)sc2c1CCN(C)C2.